The second kappa shape index (κ2) is 7.94. The van der Waals surface area contributed by atoms with Crippen molar-refractivity contribution in [3.05, 3.63) is 52.3 Å². The molecule has 2 aromatic rings. The van der Waals surface area contributed by atoms with Crippen LogP contribution in [-0.4, -0.2) is 36.4 Å². The number of hydrogen-bond acceptors (Lipinski definition) is 3. The van der Waals surface area contributed by atoms with E-state index < -0.39 is 0 Å². The van der Waals surface area contributed by atoms with Crippen molar-refractivity contribution in [2.45, 2.75) is 13.8 Å². The Balaban J connectivity index is 1.81. The SMILES string of the molecule is C#CCNCCNC(=O)c1c(C)[nH]c(/C=C2\C(=O)Nc3ccccc32)c1C. The van der Waals surface area contributed by atoms with Crippen LogP contribution in [0.1, 0.15) is 32.9 Å². The number of rotatable bonds is 6. The van der Waals surface area contributed by atoms with E-state index in [1.165, 1.54) is 0 Å². The van der Waals surface area contributed by atoms with Crippen LogP contribution in [0.25, 0.3) is 11.6 Å². The molecule has 0 spiro atoms. The van der Waals surface area contributed by atoms with E-state index in [1.807, 2.05) is 38.1 Å². The van der Waals surface area contributed by atoms with Crippen molar-refractivity contribution in [1.29, 1.82) is 0 Å². The second-order valence-corrected chi connectivity index (χ2v) is 6.36. The smallest absolute Gasteiger partial charge is 0.256 e. The number of terminal acetylenes is 1. The zero-order chi connectivity index (χ0) is 19.4. The van der Waals surface area contributed by atoms with Crippen LogP contribution < -0.4 is 16.0 Å². The number of carbonyl (C=O) groups is 2. The lowest BCUT2D eigenvalue weighted by Gasteiger charge is -2.06. The van der Waals surface area contributed by atoms with E-state index in [1.54, 1.807) is 6.08 Å². The summed E-state index contributed by atoms with van der Waals surface area (Å²) < 4.78 is 0. The third kappa shape index (κ3) is 3.78. The zero-order valence-corrected chi connectivity index (χ0v) is 15.4. The van der Waals surface area contributed by atoms with Gasteiger partial charge in [-0.1, -0.05) is 24.1 Å². The number of nitrogens with one attached hydrogen (secondary N) is 4. The molecule has 0 saturated heterocycles. The van der Waals surface area contributed by atoms with Crippen molar-refractivity contribution in [3.8, 4) is 12.3 Å². The number of anilines is 1. The van der Waals surface area contributed by atoms with Crippen molar-refractivity contribution in [2.24, 2.45) is 0 Å². The van der Waals surface area contributed by atoms with E-state index in [9.17, 15) is 9.59 Å². The van der Waals surface area contributed by atoms with Gasteiger partial charge >= 0.3 is 0 Å². The Morgan fingerprint density at radius 1 is 1.26 bits per heavy atom. The minimum absolute atomic E-state index is 0.145. The van der Waals surface area contributed by atoms with Gasteiger partial charge in [-0.25, -0.2) is 0 Å². The van der Waals surface area contributed by atoms with Crippen LogP contribution in [-0.2, 0) is 4.79 Å². The number of fused-ring (bicyclic) bond motifs is 1. The van der Waals surface area contributed by atoms with Crippen LogP contribution in [0.15, 0.2) is 24.3 Å². The number of benzene rings is 1. The molecular weight excluding hydrogens is 340 g/mol. The number of aryl methyl sites for hydroxylation is 1. The number of aromatic amines is 1. The highest BCUT2D eigenvalue weighted by Crippen LogP contribution is 2.33. The summed E-state index contributed by atoms with van der Waals surface area (Å²) in [4.78, 5) is 28.1. The molecule has 1 aliphatic heterocycles. The summed E-state index contributed by atoms with van der Waals surface area (Å²) in [6.07, 6.45) is 6.97. The molecule has 0 radical (unpaired) electrons. The number of amides is 2. The van der Waals surface area contributed by atoms with Gasteiger partial charge in [0.05, 0.1) is 17.7 Å². The fourth-order valence-corrected chi connectivity index (χ4v) is 3.20. The van der Waals surface area contributed by atoms with Crippen LogP contribution >= 0.6 is 0 Å². The highest BCUT2D eigenvalue weighted by Gasteiger charge is 2.25. The maximum Gasteiger partial charge on any atom is 0.256 e. The minimum atomic E-state index is -0.148. The van der Waals surface area contributed by atoms with E-state index in [0.29, 0.717) is 30.8 Å². The van der Waals surface area contributed by atoms with E-state index in [-0.39, 0.29) is 11.8 Å². The van der Waals surface area contributed by atoms with Gasteiger partial charge in [0, 0.05) is 35.7 Å². The van der Waals surface area contributed by atoms with E-state index in [0.717, 1.165) is 28.2 Å². The molecule has 0 bridgehead atoms. The van der Waals surface area contributed by atoms with Gasteiger partial charge in [-0.2, -0.15) is 0 Å². The molecule has 0 aliphatic carbocycles. The molecule has 0 fully saturated rings. The first-order valence-corrected chi connectivity index (χ1v) is 8.77. The largest absolute Gasteiger partial charge is 0.358 e. The molecule has 0 unspecified atom stereocenters. The number of para-hydroxylation sites is 1. The van der Waals surface area contributed by atoms with Gasteiger partial charge in [0.2, 0.25) is 0 Å². The molecule has 27 heavy (non-hydrogen) atoms. The summed E-state index contributed by atoms with van der Waals surface area (Å²) >= 11 is 0. The van der Waals surface area contributed by atoms with Gasteiger partial charge in [0.1, 0.15) is 0 Å². The molecule has 1 aromatic heterocycles. The predicted octanol–water partition coefficient (Wildman–Crippen LogP) is 2.08. The number of hydrogen-bond donors (Lipinski definition) is 4. The molecular formula is C21H22N4O2. The Bertz CT molecular complexity index is 963. The Labute approximate surface area is 158 Å². The summed E-state index contributed by atoms with van der Waals surface area (Å²) in [7, 11) is 0. The molecule has 2 amide bonds. The Kier molecular flexibility index (Phi) is 5.43. The quantitative estimate of drug-likeness (QED) is 0.361. The van der Waals surface area contributed by atoms with Gasteiger partial charge in [0.15, 0.2) is 0 Å². The molecule has 1 aromatic carbocycles. The maximum absolute atomic E-state index is 12.5. The lowest BCUT2D eigenvalue weighted by atomic mass is 10.0. The molecule has 1 aliphatic rings. The number of carbonyl (C=O) groups excluding carboxylic acids is 2. The molecule has 138 valence electrons. The Morgan fingerprint density at radius 3 is 2.81 bits per heavy atom. The van der Waals surface area contributed by atoms with Crippen LogP contribution in [0, 0.1) is 26.2 Å². The number of aromatic nitrogens is 1. The van der Waals surface area contributed by atoms with Crippen molar-refractivity contribution >= 4 is 29.2 Å². The molecule has 3 rings (SSSR count). The summed E-state index contributed by atoms with van der Waals surface area (Å²) in [5.74, 6) is 2.19. The van der Waals surface area contributed by atoms with Gasteiger partial charge in [0.25, 0.3) is 11.8 Å². The summed E-state index contributed by atoms with van der Waals surface area (Å²) in [6.45, 7) is 5.28. The summed E-state index contributed by atoms with van der Waals surface area (Å²) in [6, 6.07) is 7.55. The van der Waals surface area contributed by atoms with Crippen molar-refractivity contribution < 1.29 is 9.59 Å². The highest BCUT2D eigenvalue weighted by molar-refractivity contribution is 6.34. The van der Waals surface area contributed by atoms with Gasteiger partial charge in [-0.3, -0.25) is 9.59 Å². The lowest BCUT2D eigenvalue weighted by molar-refractivity contribution is -0.110. The highest BCUT2D eigenvalue weighted by atomic mass is 16.2. The molecule has 6 heteroatoms. The topological polar surface area (TPSA) is 86.0 Å². The first-order chi connectivity index (χ1) is 13.0. The molecule has 4 N–H and O–H groups in total. The standard InChI is InChI=1S/C21H22N4O2/c1-4-9-22-10-11-23-21(27)19-13(2)18(24-14(19)3)12-16-15-7-5-6-8-17(15)25-20(16)26/h1,5-8,12,22,24H,9-11H2,2-3H3,(H,23,27)(H,25,26)/b16-12-. The fourth-order valence-electron chi connectivity index (χ4n) is 3.20. The molecule has 6 nitrogen and oxygen atoms in total. The van der Waals surface area contributed by atoms with Gasteiger partial charge < -0.3 is 20.9 Å². The van der Waals surface area contributed by atoms with Crippen LogP contribution in [0.5, 0.6) is 0 Å². The molecule has 0 atom stereocenters. The van der Waals surface area contributed by atoms with Crippen molar-refractivity contribution in [1.82, 2.24) is 15.6 Å². The lowest BCUT2D eigenvalue weighted by Crippen LogP contribution is -2.32. The summed E-state index contributed by atoms with van der Waals surface area (Å²) in [5.41, 5.74) is 5.18. The third-order valence-corrected chi connectivity index (χ3v) is 4.52. The average Bonchev–Trinajstić information content (AvgIpc) is 3.11. The zero-order valence-electron chi connectivity index (χ0n) is 15.4. The van der Waals surface area contributed by atoms with Crippen LogP contribution in [0.4, 0.5) is 5.69 Å². The molecule has 2 heterocycles. The summed E-state index contributed by atoms with van der Waals surface area (Å²) in [5, 5.41) is 8.76. The van der Waals surface area contributed by atoms with E-state index >= 15 is 0 Å². The van der Waals surface area contributed by atoms with E-state index in [2.05, 4.69) is 26.9 Å². The Morgan fingerprint density at radius 2 is 2.04 bits per heavy atom. The van der Waals surface area contributed by atoms with Crippen LogP contribution in [0.2, 0.25) is 0 Å². The van der Waals surface area contributed by atoms with Gasteiger partial charge in [-0.05, 0) is 31.6 Å². The monoisotopic (exact) mass is 362 g/mol. The van der Waals surface area contributed by atoms with E-state index in [4.69, 9.17) is 6.42 Å². The fraction of sp³-hybridized carbons (Fsp3) is 0.238. The Hall–Kier alpha value is -3.30. The maximum atomic E-state index is 12.5. The molecule has 0 saturated carbocycles. The van der Waals surface area contributed by atoms with Crippen molar-refractivity contribution in [3.63, 3.8) is 0 Å². The minimum Gasteiger partial charge on any atom is -0.358 e. The van der Waals surface area contributed by atoms with Gasteiger partial charge in [-0.15, -0.1) is 6.42 Å². The average molecular weight is 362 g/mol. The van der Waals surface area contributed by atoms with Crippen LogP contribution in [0.3, 0.4) is 0 Å². The first kappa shape index (κ1) is 18.5. The second-order valence-electron chi connectivity index (χ2n) is 6.36. The third-order valence-electron chi connectivity index (χ3n) is 4.52. The van der Waals surface area contributed by atoms with Crippen molar-refractivity contribution in [2.75, 3.05) is 25.0 Å². The predicted molar refractivity (Wildman–Crippen MR) is 107 cm³/mol. The first-order valence-electron chi connectivity index (χ1n) is 8.77. The normalized spacial score (nSPS) is 14.0. The number of H-pyrrole nitrogens is 1.